The highest BCUT2D eigenvalue weighted by molar-refractivity contribution is 5.92. The average molecular weight is 384 g/mol. The van der Waals surface area contributed by atoms with Gasteiger partial charge in [-0.1, -0.05) is 0 Å². The van der Waals surface area contributed by atoms with E-state index in [0.29, 0.717) is 32.6 Å². The number of hydrogen-bond acceptors (Lipinski definition) is 5. The maximum atomic E-state index is 12.7. The van der Waals surface area contributed by atoms with Crippen LogP contribution in [0, 0.1) is 12.3 Å². The molecule has 2 N–H and O–H groups in total. The summed E-state index contributed by atoms with van der Waals surface area (Å²) in [7, 11) is 0. The van der Waals surface area contributed by atoms with Crippen molar-refractivity contribution in [3.8, 4) is 0 Å². The molecule has 2 amide bonds. The van der Waals surface area contributed by atoms with Gasteiger partial charge < -0.3 is 9.80 Å². The van der Waals surface area contributed by atoms with Gasteiger partial charge in [0, 0.05) is 43.7 Å². The zero-order valence-electron chi connectivity index (χ0n) is 15.9. The van der Waals surface area contributed by atoms with Crippen LogP contribution >= 0.6 is 0 Å². The van der Waals surface area contributed by atoms with Gasteiger partial charge in [-0.15, -0.1) is 0 Å². The highest BCUT2D eigenvalue weighted by Crippen LogP contribution is 2.39. The number of nitrogens with zero attached hydrogens (tertiary/aromatic N) is 4. The number of aryl methyl sites for hydroxylation is 1. The Bertz CT molecular complexity index is 934. The zero-order valence-corrected chi connectivity index (χ0v) is 15.9. The van der Waals surface area contributed by atoms with Crippen molar-refractivity contribution in [2.24, 2.45) is 5.41 Å². The van der Waals surface area contributed by atoms with E-state index in [2.05, 4.69) is 20.2 Å². The van der Waals surface area contributed by atoms with Crippen LogP contribution in [0.2, 0.25) is 0 Å². The molecule has 2 aromatic rings. The van der Waals surface area contributed by atoms with E-state index in [1.54, 1.807) is 17.3 Å². The maximum Gasteiger partial charge on any atom is 0.271 e. The first-order valence-electron chi connectivity index (χ1n) is 9.56. The van der Waals surface area contributed by atoms with E-state index in [1.807, 2.05) is 11.8 Å². The summed E-state index contributed by atoms with van der Waals surface area (Å²) in [4.78, 5) is 48.8. The number of H-pyrrole nitrogens is 2. The quantitative estimate of drug-likeness (QED) is 0.814. The number of nitrogens with one attached hydrogen (secondary N) is 2. The number of rotatable bonds is 3. The minimum Gasteiger partial charge on any atom is -0.337 e. The third kappa shape index (κ3) is 3.69. The van der Waals surface area contributed by atoms with E-state index in [0.717, 1.165) is 30.7 Å². The SMILES string of the molecule is Cc1cnc(CN2C[C@@]3(CCCN(C(=O)c4cc(=O)[nH][nH]4)C3)CCC2=O)cn1. The fraction of sp³-hybridized carbons (Fsp3) is 0.526. The second kappa shape index (κ2) is 7.21. The van der Waals surface area contributed by atoms with Crippen molar-refractivity contribution in [1.82, 2.24) is 30.0 Å². The maximum absolute atomic E-state index is 12.7. The highest BCUT2D eigenvalue weighted by Gasteiger charge is 2.43. The van der Waals surface area contributed by atoms with Crippen LogP contribution in [0.25, 0.3) is 0 Å². The van der Waals surface area contributed by atoms with Crippen LogP contribution < -0.4 is 5.56 Å². The van der Waals surface area contributed by atoms with Gasteiger partial charge in [0.2, 0.25) is 5.91 Å². The molecule has 0 aliphatic carbocycles. The number of hydrogen-bond donors (Lipinski definition) is 2. The fourth-order valence-electron chi connectivity index (χ4n) is 4.28. The normalized spacial score (nSPS) is 22.7. The Labute approximate surface area is 162 Å². The minimum atomic E-state index is -0.316. The van der Waals surface area contributed by atoms with E-state index in [1.165, 1.54) is 6.07 Å². The van der Waals surface area contributed by atoms with Gasteiger partial charge in [-0.3, -0.25) is 34.5 Å². The molecule has 4 rings (SSSR count). The highest BCUT2D eigenvalue weighted by atomic mass is 16.2. The Hall–Kier alpha value is -2.97. The molecule has 0 unspecified atom stereocenters. The van der Waals surface area contributed by atoms with E-state index >= 15 is 0 Å². The second-order valence-corrected chi connectivity index (χ2v) is 7.90. The van der Waals surface area contributed by atoms with Gasteiger partial charge in [-0.2, -0.15) is 0 Å². The predicted octanol–water partition coefficient (Wildman–Crippen LogP) is 0.846. The molecule has 0 saturated carbocycles. The predicted molar refractivity (Wildman–Crippen MR) is 100 cm³/mol. The van der Waals surface area contributed by atoms with Crippen LogP contribution in [0.1, 0.15) is 47.6 Å². The summed E-state index contributed by atoms with van der Waals surface area (Å²) in [6.07, 6.45) is 6.52. The van der Waals surface area contributed by atoms with Gasteiger partial charge in [-0.25, -0.2) is 0 Å². The first-order valence-corrected chi connectivity index (χ1v) is 9.56. The molecule has 9 nitrogen and oxygen atoms in total. The molecule has 2 aromatic heterocycles. The topological polar surface area (TPSA) is 115 Å². The first-order chi connectivity index (χ1) is 13.4. The second-order valence-electron chi connectivity index (χ2n) is 7.90. The molecular weight excluding hydrogens is 360 g/mol. The molecule has 0 radical (unpaired) electrons. The van der Waals surface area contributed by atoms with Crippen molar-refractivity contribution in [1.29, 1.82) is 0 Å². The smallest absolute Gasteiger partial charge is 0.271 e. The number of aromatic amines is 2. The largest absolute Gasteiger partial charge is 0.337 e. The lowest BCUT2D eigenvalue weighted by atomic mass is 9.73. The number of likely N-dealkylation sites (tertiary alicyclic amines) is 2. The monoisotopic (exact) mass is 384 g/mol. The molecule has 0 aromatic carbocycles. The summed E-state index contributed by atoms with van der Waals surface area (Å²) >= 11 is 0. The molecule has 2 aliphatic heterocycles. The summed E-state index contributed by atoms with van der Waals surface area (Å²) in [5, 5.41) is 5.05. The van der Waals surface area contributed by atoms with Gasteiger partial charge >= 0.3 is 0 Å². The van der Waals surface area contributed by atoms with Crippen LogP contribution in [0.15, 0.2) is 23.3 Å². The van der Waals surface area contributed by atoms with Crippen molar-refractivity contribution < 1.29 is 9.59 Å². The number of carbonyl (C=O) groups excluding carboxylic acids is 2. The van der Waals surface area contributed by atoms with Crippen molar-refractivity contribution >= 4 is 11.8 Å². The van der Waals surface area contributed by atoms with Crippen LogP contribution in [0.4, 0.5) is 0 Å². The van der Waals surface area contributed by atoms with Crippen molar-refractivity contribution in [3.63, 3.8) is 0 Å². The van der Waals surface area contributed by atoms with E-state index in [-0.39, 0.29) is 28.5 Å². The van der Waals surface area contributed by atoms with E-state index in [4.69, 9.17) is 0 Å². The molecule has 1 atom stereocenters. The van der Waals surface area contributed by atoms with Gasteiger partial charge in [0.15, 0.2) is 0 Å². The summed E-state index contributed by atoms with van der Waals surface area (Å²) in [5.41, 5.74) is 1.46. The van der Waals surface area contributed by atoms with Crippen LogP contribution in [0.5, 0.6) is 0 Å². The molecule has 1 spiro atoms. The lowest BCUT2D eigenvalue weighted by molar-refractivity contribution is -0.139. The molecule has 4 heterocycles. The minimum absolute atomic E-state index is 0.115. The lowest BCUT2D eigenvalue weighted by Gasteiger charge is -2.48. The third-order valence-corrected chi connectivity index (χ3v) is 5.71. The summed E-state index contributed by atoms with van der Waals surface area (Å²) < 4.78 is 0. The molecule has 148 valence electrons. The number of aromatic nitrogens is 4. The lowest BCUT2D eigenvalue weighted by Crippen LogP contribution is -2.54. The Morgan fingerprint density at radius 1 is 1.18 bits per heavy atom. The van der Waals surface area contributed by atoms with Crippen LogP contribution in [-0.2, 0) is 11.3 Å². The van der Waals surface area contributed by atoms with Crippen LogP contribution in [-0.4, -0.2) is 61.4 Å². The fourth-order valence-corrected chi connectivity index (χ4v) is 4.28. The van der Waals surface area contributed by atoms with E-state index < -0.39 is 0 Å². The molecule has 0 bridgehead atoms. The summed E-state index contributed by atoms with van der Waals surface area (Å²) in [6, 6.07) is 1.29. The van der Waals surface area contributed by atoms with Crippen molar-refractivity contribution in [3.05, 3.63) is 45.9 Å². The number of amides is 2. The van der Waals surface area contributed by atoms with Crippen LogP contribution in [0.3, 0.4) is 0 Å². The number of piperidine rings is 2. The Kier molecular flexibility index (Phi) is 4.74. The average Bonchev–Trinajstić information content (AvgIpc) is 3.13. The molecule has 2 saturated heterocycles. The standard InChI is InChI=1S/C19H24N6O3/c1-13-8-21-14(9-20-13)10-25-12-19(5-3-17(25)27)4-2-6-24(11-19)18(28)15-7-16(26)23-22-15/h7-9H,2-6,10-12H2,1H3,(H2,22,23,26)/t19-/m0/s1. The molecule has 9 heteroatoms. The van der Waals surface area contributed by atoms with E-state index in [9.17, 15) is 14.4 Å². The Balaban J connectivity index is 1.48. The van der Waals surface area contributed by atoms with Crippen molar-refractivity contribution in [2.45, 2.75) is 39.2 Å². The van der Waals surface area contributed by atoms with Gasteiger partial charge in [0.25, 0.3) is 11.5 Å². The van der Waals surface area contributed by atoms with Gasteiger partial charge in [0.1, 0.15) is 5.69 Å². The molecule has 28 heavy (non-hydrogen) atoms. The molecule has 2 aliphatic rings. The van der Waals surface area contributed by atoms with Gasteiger partial charge in [0.05, 0.1) is 24.1 Å². The third-order valence-electron chi connectivity index (χ3n) is 5.71. The Morgan fingerprint density at radius 3 is 2.75 bits per heavy atom. The summed E-state index contributed by atoms with van der Waals surface area (Å²) in [5.74, 6) is -0.0586. The van der Waals surface area contributed by atoms with Crippen molar-refractivity contribution in [2.75, 3.05) is 19.6 Å². The Morgan fingerprint density at radius 2 is 2.04 bits per heavy atom. The molecule has 2 fully saturated rings. The zero-order chi connectivity index (χ0) is 19.7. The number of carbonyl (C=O) groups is 2. The van der Waals surface area contributed by atoms with Gasteiger partial charge in [-0.05, 0) is 26.2 Å². The summed E-state index contributed by atoms with van der Waals surface area (Å²) in [6.45, 7) is 4.17. The molecular formula is C19H24N6O3. The first kappa shape index (κ1) is 18.4.